The number of hydrogen-bond donors (Lipinski definition) is 1. The van der Waals surface area contributed by atoms with E-state index in [0.717, 1.165) is 46.5 Å². The summed E-state index contributed by atoms with van der Waals surface area (Å²) < 4.78 is 25.8. The number of methoxy groups -OCH3 is 1. The number of phenolic OH excluding ortho intramolecular Hbond substituents is 1. The van der Waals surface area contributed by atoms with E-state index in [-0.39, 0.29) is 29.5 Å². The van der Waals surface area contributed by atoms with Crippen LogP contribution in [0.5, 0.6) is 11.5 Å². The molecule has 0 spiro atoms. The molecule has 0 saturated carbocycles. The van der Waals surface area contributed by atoms with Crippen LogP contribution in [0.1, 0.15) is 61.3 Å². The van der Waals surface area contributed by atoms with E-state index in [0.29, 0.717) is 26.2 Å². The number of carbonyl (C=O) groups excluding carboxylic acids is 1. The first-order valence-corrected chi connectivity index (χ1v) is 13.6. The van der Waals surface area contributed by atoms with Crippen molar-refractivity contribution in [2.45, 2.75) is 51.0 Å². The molecule has 1 heterocycles. The highest BCUT2D eigenvalue weighted by Crippen LogP contribution is 2.49. The quantitative estimate of drug-likeness (QED) is 0.418. The number of fused-ring (bicyclic) bond motifs is 1. The summed E-state index contributed by atoms with van der Waals surface area (Å²) in [7, 11) is 1.68. The molecule has 3 aromatic rings. The normalized spacial score (nSPS) is 19.4. The first kappa shape index (κ1) is 26.9. The molecule has 1 fully saturated rings. The number of aromatic hydroxyl groups is 1. The number of phenols is 1. The smallest absolute Gasteiger partial charge is 0.410 e. The van der Waals surface area contributed by atoms with Crippen LogP contribution >= 0.6 is 0 Å². The number of halogens is 1. The van der Waals surface area contributed by atoms with Crippen molar-refractivity contribution >= 4 is 11.8 Å². The molecule has 1 amide bonds. The summed E-state index contributed by atoms with van der Waals surface area (Å²) in [5, 5.41) is 10.1. The molecule has 2 aliphatic rings. The first-order valence-electron chi connectivity index (χ1n) is 13.6. The molecule has 2 atom stereocenters. The lowest BCUT2D eigenvalue weighted by Crippen LogP contribution is -2.50. The standard InChI is InChI=1S/C32H37FN2O4/c1-32(2,3)39-31(37)35-16-14-34(15-17-35)24-9-12-28(29(20-24)38-4)30-26(21-6-5-7-23(33)18-21)11-8-22-19-25(36)10-13-27(22)30/h5-7,9-10,12-13,18-20,26,30,36H,8,11,14-17H2,1-4H3/t26-,30+/m1/s1. The van der Waals surface area contributed by atoms with Crippen LogP contribution in [0.2, 0.25) is 0 Å². The van der Waals surface area contributed by atoms with Crippen molar-refractivity contribution in [1.82, 2.24) is 4.90 Å². The van der Waals surface area contributed by atoms with Crippen molar-refractivity contribution < 1.29 is 23.8 Å². The number of ether oxygens (including phenoxy) is 2. The minimum absolute atomic E-state index is 0.0517. The number of aryl methyl sites for hydroxylation is 1. The number of nitrogens with zero attached hydrogens (tertiary/aromatic N) is 2. The van der Waals surface area contributed by atoms with Crippen molar-refractivity contribution in [3.05, 3.63) is 88.7 Å². The van der Waals surface area contributed by atoms with Crippen LogP contribution in [0.25, 0.3) is 0 Å². The summed E-state index contributed by atoms with van der Waals surface area (Å²) in [5.41, 5.74) is 4.75. The Hall–Kier alpha value is -3.74. The van der Waals surface area contributed by atoms with Gasteiger partial charge in [-0.3, -0.25) is 0 Å². The zero-order chi connectivity index (χ0) is 27.7. The van der Waals surface area contributed by atoms with Gasteiger partial charge < -0.3 is 24.4 Å². The van der Waals surface area contributed by atoms with Crippen molar-refractivity contribution in [3.8, 4) is 11.5 Å². The lowest BCUT2D eigenvalue weighted by Gasteiger charge is -2.38. The predicted octanol–water partition coefficient (Wildman–Crippen LogP) is 6.46. The fourth-order valence-corrected chi connectivity index (χ4v) is 5.91. The summed E-state index contributed by atoms with van der Waals surface area (Å²) in [5.74, 6) is 0.800. The second-order valence-corrected chi connectivity index (χ2v) is 11.4. The summed E-state index contributed by atoms with van der Waals surface area (Å²) in [6, 6.07) is 18.7. The number of anilines is 1. The third-order valence-electron chi connectivity index (χ3n) is 7.71. The van der Waals surface area contributed by atoms with Crippen LogP contribution in [0.15, 0.2) is 60.7 Å². The Kier molecular flexibility index (Phi) is 7.43. The highest BCUT2D eigenvalue weighted by molar-refractivity contribution is 5.69. The minimum atomic E-state index is -0.517. The number of hydrogen-bond acceptors (Lipinski definition) is 5. The Morgan fingerprint density at radius 1 is 0.974 bits per heavy atom. The molecule has 5 rings (SSSR count). The third kappa shape index (κ3) is 5.82. The Morgan fingerprint density at radius 3 is 2.41 bits per heavy atom. The van der Waals surface area contributed by atoms with E-state index in [1.165, 1.54) is 6.07 Å². The van der Waals surface area contributed by atoms with E-state index < -0.39 is 5.60 Å². The van der Waals surface area contributed by atoms with Gasteiger partial charge in [0, 0.05) is 49.4 Å². The van der Waals surface area contributed by atoms with E-state index in [2.05, 4.69) is 23.1 Å². The summed E-state index contributed by atoms with van der Waals surface area (Å²) in [4.78, 5) is 16.5. The van der Waals surface area contributed by atoms with Gasteiger partial charge in [-0.25, -0.2) is 9.18 Å². The summed E-state index contributed by atoms with van der Waals surface area (Å²) in [6.07, 6.45) is 1.37. The number of benzene rings is 3. The molecule has 3 aromatic carbocycles. The topological polar surface area (TPSA) is 62.2 Å². The van der Waals surface area contributed by atoms with Crippen LogP contribution in [0.4, 0.5) is 14.9 Å². The molecule has 1 aliphatic carbocycles. The third-order valence-corrected chi connectivity index (χ3v) is 7.71. The predicted molar refractivity (Wildman–Crippen MR) is 150 cm³/mol. The van der Waals surface area contributed by atoms with Crippen LogP contribution in [0, 0.1) is 5.82 Å². The van der Waals surface area contributed by atoms with Crippen LogP contribution in [0.3, 0.4) is 0 Å². The summed E-state index contributed by atoms with van der Waals surface area (Å²) >= 11 is 0. The molecular weight excluding hydrogens is 495 g/mol. The van der Waals surface area contributed by atoms with Gasteiger partial charge in [0.2, 0.25) is 0 Å². The number of amides is 1. The Morgan fingerprint density at radius 2 is 1.72 bits per heavy atom. The van der Waals surface area contributed by atoms with Gasteiger partial charge >= 0.3 is 6.09 Å². The van der Waals surface area contributed by atoms with Crippen LogP contribution in [-0.4, -0.2) is 55.0 Å². The Labute approximate surface area is 230 Å². The van der Waals surface area contributed by atoms with Crippen LogP contribution in [-0.2, 0) is 11.2 Å². The highest BCUT2D eigenvalue weighted by atomic mass is 19.1. The molecule has 0 aromatic heterocycles. The lowest BCUT2D eigenvalue weighted by molar-refractivity contribution is 0.0240. The average molecular weight is 533 g/mol. The van der Waals surface area contributed by atoms with E-state index in [4.69, 9.17) is 9.47 Å². The van der Waals surface area contributed by atoms with E-state index in [9.17, 15) is 14.3 Å². The maximum absolute atomic E-state index is 14.3. The van der Waals surface area contributed by atoms with E-state index in [1.54, 1.807) is 30.2 Å². The average Bonchev–Trinajstić information content (AvgIpc) is 2.91. The number of carbonyl (C=O) groups is 1. The van der Waals surface area contributed by atoms with Gasteiger partial charge in [-0.05, 0) is 86.6 Å². The molecule has 206 valence electrons. The SMILES string of the molecule is COc1cc(N2CCN(C(=O)OC(C)(C)C)CC2)ccc1[C@@H]1c2ccc(O)cc2CC[C@@H]1c1cccc(F)c1. The molecule has 39 heavy (non-hydrogen) atoms. The van der Waals surface area contributed by atoms with Crippen molar-refractivity contribution in [2.24, 2.45) is 0 Å². The fourth-order valence-electron chi connectivity index (χ4n) is 5.91. The maximum Gasteiger partial charge on any atom is 0.410 e. The number of piperazine rings is 1. The van der Waals surface area contributed by atoms with Gasteiger partial charge in [0.05, 0.1) is 7.11 Å². The molecule has 7 heteroatoms. The molecule has 0 bridgehead atoms. The summed E-state index contributed by atoms with van der Waals surface area (Å²) in [6.45, 7) is 8.18. The highest BCUT2D eigenvalue weighted by Gasteiger charge is 2.35. The molecular formula is C32H37FN2O4. The molecule has 1 saturated heterocycles. The van der Waals surface area contributed by atoms with Gasteiger partial charge in [0.1, 0.15) is 22.9 Å². The Balaban J connectivity index is 1.44. The van der Waals surface area contributed by atoms with Gasteiger partial charge in [0.15, 0.2) is 0 Å². The minimum Gasteiger partial charge on any atom is -0.508 e. The lowest BCUT2D eigenvalue weighted by atomic mass is 9.69. The van der Waals surface area contributed by atoms with Gasteiger partial charge in [-0.1, -0.05) is 24.3 Å². The largest absolute Gasteiger partial charge is 0.508 e. The Bertz CT molecular complexity index is 1340. The van der Waals surface area contributed by atoms with E-state index in [1.807, 2.05) is 39.0 Å². The fraction of sp³-hybridized carbons (Fsp3) is 0.406. The van der Waals surface area contributed by atoms with Crippen molar-refractivity contribution in [2.75, 3.05) is 38.2 Å². The maximum atomic E-state index is 14.3. The van der Waals surface area contributed by atoms with Crippen LogP contribution < -0.4 is 9.64 Å². The zero-order valence-corrected chi connectivity index (χ0v) is 23.1. The second-order valence-electron chi connectivity index (χ2n) is 11.4. The van der Waals surface area contributed by atoms with E-state index >= 15 is 0 Å². The monoisotopic (exact) mass is 532 g/mol. The first-order chi connectivity index (χ1) is 18.6. The number of rotatable bonds is 4. The van der Waals surface area contributed by atoms with Crippen molar-refractivity contribution in [3.63, 3.8) is 0 Å². The molecule has 0 radical (unpaired) electrons. The molecule has 6 nitrogen and oxygen atoms in total. The molecule has 1 N–H and O–H groups in total. The second kappa shape index (κ2) is 10.8. The molecule has 0 unspecified atom stereocenters. The van der Waals surface area contributed by atoms with Crippen molar-refractivity contribution in [1.29, 1.82) is 0 Å². The molecule has 1 aliphatic heterocycles. The van der Waals surface area contributed by atoms with Gasteiger partial charge in [-0.2, -0.15) is 0 Å². The van der Waals surface area contributed by atoms with Gasteiger partial charge in [0.25, 0.3) is 0 Å². The van der Waals surface area contributed by atoms with Gasteiger partial charge in [-0.15, -0.1) is 0 Å². The zero-order valence-electron chi connectivity index (χ0n) is 23.1.